The lowest BCUT2D eigenvalue weighted by molar-refractivity contribution is 0.401. The van der Waals surface area contributed by atoms with Crippen molar-refractivity contribution in [2.45, 2.75) is 31.5 Å². The van der Waals surface area contributed by atoms with Gasteiger partial charge in [-0.3, -0.25) is 4.68 Å². The summed E-state index contributed by atoms with van der Waals surface area (Å²) < 4.78 is 33.5. The molecule has 0 radical (unpaired) electrons. The van der Waals surface area contributed by atoms with Gasteiger partial charge in [-0.05, 0) is 25.1 Å². The van der Waals surface area contributed by atoms with Crippen LogP contribution in [0.25, 0.3) is 0 Å². The van der Waals surface area contributed by atoms with Gasteiger partial charge in [0, 0.05) is 19.3 Å². The smallest absolute Gasteiger partial charge is 0.273 e. The van der Waals surface area contributed by atoms with E-state index in [1.807, 2.05) is 6.92 Å². The molecule has 0 saturated heterocycles. The Balaban J connectivity index is 1.82. The SMILES string of the molecule is CCNCc1ccc(S(=O)(=O)NCCCn2ccnn2)o1. The van der Waals surface area contributed by atoms with E-state index in [0.29, 0.717) is 31.8 Å². The van der Waals surface area contributed by atoms with E-state index in [2.05, 4.69) is 20.4 Å². The van der Waals surface area contributed by atoms with Crippen LogP contribution in [-0.4, -0.2) is 36.5 Å². The molecule has 0 aliphatic rings. The molecule has 0 aliphatic carbocycles. The largest absolute Gasteiger partial charge is 0.447 e. The van der Waals surface area contributed by atoms with Crippen LogP contribution < -0.4 is 10.0 Å². The molecule has 2 heterocycles. The van der Waals surface area contributed by atoms with Crippen molar-refractivity contribution in [3.05, 3.63) is 30.3 Å². The van der Waals surface area contributed by atoms with E-state index in [0.717, 1.165) is 6.54 Å². The summed E-state index contributed by atoms with van der Waals surface area (Å²) in [5.41, 5.74) is 0. The Morgan fingerprint density at radius 3 is 2.95 bits per heavy atom. The summed E-state index contributed by atoms with van der Waals surface area (Å²) in [6, 6.07) is 3.12. The minimum atomic E-state index is -3.60. The summed E-state index contributed by atoms with van der Waals surface area (Å²) in [7, 11) is -3.60. The number of nitrogens with zero attached hydrogens (tertiary/aromatic N) is 3. The number of nitrogens with one attached hydrogen (secondary N) is 2. The lowest BCUT2D eigenvalue weighted by Gasteiger charge is -2.04. The van der Waals surface area contributed by atoms with Gasteiger partial charge in [0.25, 0.3) is 10.0 Å². The monoisotopic (exact) mass is 313 g/mol. The maximum atomic E-state index is 12.0. The van der Waals surface area contributed by atoms with Crippen LogP contribution in [0.15, 0.2) is 34.0 Å². The predicted molar refractivity (Wildman–Crippen MR) is 75.9 cm³/mol. The van der Waals surface area contributed by atoms with E-state index >= 15 is 0 Å². The minimum absolute atomic E-state index is 0.0591. The van der Waals surface area contributed by atoms with Gasteiger partial charge in [0.05, 0.1) is 12.7 Å². The molecule has 0 amide bonds. The molecule has 116 valence electrons. The summed E-state index contributed by atoms with van der Waals surface area (Å²) in [6.07, 6.45) is 3.93. The van der Waals surface area contributed by atoms with Crippen LogP contribution in [0.2, 0.25) is 0 Å². The summed E-state index contributed by atoms with van der Waals surface area (Å²) in [5.74, 6) is 0.597. The molecule has 21 heavy (non-hydrogen) atoms. The Kier molecular flexibility index (Phi) is 5.48. The average Bonchev–Trinajstić information content (AvgIpc) is 3.13. The van der Waals surface area contributed by atoms with Crippen molar-refractivity contribution in [1.82, 2.24) is 25.0 Å². The molecule has 0 aromatic carbocycles. The van der Waals surface area contributed by atoms with Crippen molar-refractivity contribution >= 4 is 10.0 Å². The van der Waals surface area contributed by atoms with Gasteiger partial charge < -0.3 is 9.73 Å². The fourth-order valence-electron chi connectivity index (χ4n) is 1.72. The molecule has 9 heteroatoms. The van der Waals surface area contributed by atoms with Gasteiger partial charge in [0.15, 0.2) is 0 Å². The Morgan fingerprint density at radius 2 is 2.24 bits per heavy atom. The molecule has 0 aliphatic heterocycles. The van der Waals surface area contributed by atoms with E-state index < -0.39 is 10.0 Å². The molecule has 2 aromatic rings. The third-order valence-corrected chi connectivity index (χ3v) is 4.11. The summed E-state index contributed by atoms with van der Waals surface area (Å²) in [6.45, 7) is 4.19. The third-order valence-electron chi connectivity index (χ3n) is 2.78. The Hall–Kier alpha value is -1.71. The first-order chi connectivity index (χ1) is 10.1. The summed E-state index contributed by atoms with van der Waals surface area (Å²) in [5, 5.41) is 10.5. The number of aromatic nitrogens is 3. The first kappa shape index (κ1) is 15.7. The molecule has 0 unspecified atom stereocenters. The zero-order chi connectivity index (χ0) is 15.1. The average molecular weight is 313 g/mol. The number of rotatable bonds is 9. The van der Waals surface area contributed by atoms with Gasteiger partial charge in [-0.15, -0.1) is 5.10 Å². The Morgan fingerprint density at radius 1 is 1.38 bits per heavy atom. The van der Waals surface area contributed by atoms with Crippen LogP contribution in [0, 0.1) is 0 Å². The molecule has 2 rings (SSSR count). The highest BCUT2D eigenvalue weighted by molar-refractivity contribution is 7.89. The first-order valence-electron chi connectivity index (χ1n) is 6.75. The highest BCUT2D eigenvalue weighted by atomic mass is 32.2. The maximum Gasteiger partial charge on any atom is 0.273 e. The highest BCUT2D eigenvalue weighted by Crippen LogP contribution is 2.13. The van der Waals surface area contributed by atoms with E-state index in [-0.39, 0.29) is 5.09 Å². The normalized spacial score (nSPS) is 11.9. The van der Waals surface area contributed by atoms with Gasteiger partial charge in [0.2, 0.25) is 5.09 Å². The van der Waals surface area contributed by atoms with E-state index in [9.17, 15) is 8.42 Å². The molecular weight excluding hydrogens is 294 g/mol. The van der Waals surface area contributed by atoms with Crippen LogP contribution in [0.3, 0.4) is 0 Å². The molecule has 0 atom stereocenters. The zero-order valence-corrected chi connectivity index (χ0v) is 12.6. The van der Waals surface area contributed by atoms with Crippen molar-refractivity contribution in [1.29, 1.82) is 0 Å². The molecule has 2 aromatic heterocycles. The molecule has 0 fully saturated rings. The molecule has 0 saturated carbocycles. The van der Waals surface area contributed by atoms with Crippen LogP contribution in [0.1, 0.15) is 19.1 Å². The van der Waals surface area contributed by atoms with Gasteiger partial charge >= 0.3 is 0 Å². The van der Waals surface area contributed by atoms with Gasteiger partial charge in [-0.25, -0.2) is 13.1 Å². The lowest BCUT2D eigenvalue weighted by atomic mass is 10.4. The summed E-state index contributed by atoms with van der Waals surface area (Å²) >= 11 is 0. The van der Waals surface area contributed by atoms with Crippen molar-refractivity contribution < 1.29 is 12.8 Å². The second-order valence-corrected chi connectivity index (χ2v) is 6.12. The van der Waals surface area contributed by atoms with Crippen molar-refractivity contribution in [2.24, 2.45) is 0 Å². The second kappa shape index (κ2) is 7.34. The summed E-state index contributed by atoms with van der Waals surface area (Å²) in [4.78, 5) is 0. The third kappa shape index (κ3) is 4.66. The quantitative estimate of drug-likeness (QED) is 0.648. The van der Waals surface area contributed by atoms with Crippen LogP contribution >= 0.6 is 0 Å². The predicted octanol–water partition coefficient (Wildman–Crippen LogP) is 0.349. The Bertz CT molecular complexity index is 636. The topological polar surface area (TPSA) is 102 Å². The van der Waals surface area contributed by atoms with Crippen LogP contribution in [0.5, 0.6) is 0 Å². The number of furan rings is 1. The fourth-order valence-corrected chi connectivity index (χ4v) is 2.74. The first-order valence-corrected chi connectivity index (χ1v) is 8.23. The molecular formula is C12H19N5O3S. The molecule has 0 bridgehead atoms. The van der Waals surface area contributed by atoms with Crippen molar-refractivity contribution in [3.8, 4) is 0 Å². The molecule has 0 spiro atoms. The van der Waals surface area contributed by atoms with Crippen LogP contribution in [0.4, 0.5) is 0 Å². The second-order valence-electron chi connectivity index (χ2n) is 4.42. The van der Waals surface area contributed by atoms with E-state index in [1.165, 1.54) is 6.07 Å². The van der Waals surface area contributed by atoms with Crippen molar-refractivity contribution in [2.75, 3.05) is 13.1 Å². The standard InChI is InChI=1S/C12H19N5O3S/c1-2-13-10-11-4-5-12(20-11)21(18,19)15-6-3-8-17-9-7-14-16-17/h4-5,7,9,13,15H,2-3,6,8,10H2,1H3. The Labute approximate surface area is 123 Å². The zero-order valence-electron chi connectivity index (χ0n) is 11.8. The minimum Gasteiger partial charge on any atom is -0.447 e. The van der Waals surface area contributed by atoms with Gasteiger partial charge in [-0.1, -0.05) is 12.1 Å². The highest BCUT2D eigenvalue weighted by Gasteiger charge is 2.17. The number of sulfonamides is 1. The fraction of sp³-hybridized carbons (Fsp3) is 0.500. The molecule has 2 N–H and O–H groups in total. The van der Waals surface area contributed by atoms with Gasteiger partial charge in [0.1, 0.15) is 5.76 Å². The number of hydrogen-bond acceptors (Lipinski definition) is 6. The maximum absolute atomic E-state index is 12.0. The number of aryl methyl sites for hydroxylation is 1. The number of hydrogen-bond donors (Lipinski definition) is 2. The lowest BCUT2D eigenvalue weighted by Crippen LogP contribution is -2.25. The van der Waals surface area contributed by atoms with E-state index in [1.54, 1.807) is 23.1 Å². The van der Waals surface area contributed by atoms with Gasteiger partial charge in [-0.2, -0.15) is 0 Å². The molecule has 8 nitrogen and oxygen atoms in total. The van der Waals surface area contributed by atoms with E-state index in [4.69, 9.17) is 4.42 Å². The van der Waals surface area contributed by atoms with Crippen LogP contribution in [-0.2, 0) is 23.1 Å². The van der Waals surface area contributed by atoms with Crippen molar-refractivity contribution in [3.63, 3.8) is 0 Å².